The summed E-state index contributed by atoms with van der Waals surface area (Å²) in [5, 5.41) is 9.68. The Labute approximate surface area is 123 Å². The van der Waals surface area contributed by atoms with Crippen LogP contribution in [0.1, 0.15) is 18.9 Å². The summed E-state index contributed by atoms with van der Waals surface area (Å²) in [6.45, 7) is 4.14. The molecule has 1 aliphatic heterocycles. The molecule has 0 aromatic heterocycles. The molecular formula is C14H19ClN2O3. The van der Waals surface area contributed by atoms with Crippen molar-refractivity contribution < 1.29 is 14.6 Å². The highest BCUT2D eigenvalue weighted by Crippen LogP contribution is 2.27. The van der Waals surface area contributed by atoms with Gasteiger partial charge in [-0.1, -0.05) is 17.7 Å². The van der Waals surface area contributed by atoms with Crippen LogP contribution >= 0.6 is 11.6 Å². The van der Waals surface area contributed by atoms with Crippen LogP contribution in [0.4, 0.5) is 0 Å². The first-order chi connectivity index (χ1) is 9.44. The summed E-state index contributed by atoms with van der Waals surface area (Å²) in [6.07, 6.45) is 0.465. The predicted octanol–water partition coefficient (Wildman–Crippen LogP) is 1.73. The Balaban J connectivity index is 2.01. The minimum Gasteiger partial charge on any atom is -0.492 e. The van der Waals surface area contributed by atoms with E-state index >= 15 is 0 Å². The number of benzene rings is 1. The summed E-state index contributed by atoms with van der Waals surface area (Å²) >= 11 is 6.14. The molecule has 2 rings (SSSR count). The molecule has 1 fully saturated rings. The maximum Gasteiger partial charge on any atom is 0.325 e. The second kappa shape index (κ2) is 5.99. The lowest BCUT2D eigenvalue weighted by Crippen LogP contribution is -2.50. The van der Waals surface area contributed by atoms with Crippen molar-refractivity contribution in [2.75, 3.05) is 19.7 Å². The number of hydrogen-bond acceptors (Lipinski definition) is 4. The monoisotopic (exact) mass is 298 g/mol. The second-order valence-corrected chi connectivity index (χ2v) is 5.53. The zero-order valence-electron chi connectivity index (χ0n) is 11.4. The molecule has 1 aliphatic rings. The van der Waals surface area contributed by atoms with Crippen LogP contribution in [0.2, 0.25) is 5.02 Å². The van der Waals surface area contributed by atoms with Crippen molar-refractivity contribution in [1.29, 1.82) is 0 Å². The normalized spacial score (nSPS) is 22.9. The van der Waals surface area contributed by atoms with Gasteiger partial charge in [-0.05, 0) is 31.0 Å². The fraction of sp³-hybridized carbons (Fsp3) is 0.500. The zero-order valence-corrected chi connectivity index (χ0v) is 12.2. The van der Waals surface area contributed by atoms with Crippen LogP contribution in [-0.4, -0.2) is 41.2 Å². The van der Waals surface area contributed by atoms with E-state index in [2.05, 4.69) is 0 Å². The molecule has 5 nitrogen and oxygen atoms in total. The predicted molar refractivity (Wildman–Crippen MR) is 77.1 cm³/mol. The van der Waals surface area contributed by atoms with Crippen LogP contribution in [0.25, 0.3) is 0 Å². The summed E-state index contributed by atoms with van der Waals surface area (Å²) in [6, 6.07) is 5.63. The minimum absolute atomic E-state index is 0.354. The van der Waals surface area contributed by atoms with Gasteiger partial charge in [0.15, 0.2) is 0 Å². The Morgan fingerprint density at radius 3 is 2.90 bits per heavy atom. The molecular weight excluding hydrogens is 280 g/mol. The average Bonchev–Trinajstić information content (AvgIpc) is 2.76. The number of halogens is 1. The van der Waals surface area contributed by atoms with Crippen LogP contribution in [0.15, 0.2) is 18.2 Å². The smallest absolute Gasteiger partial charge is 0.325 e. The fourth-order valence-electron chi connectivity index (χ4n) is 2.40. The first kappa shape index (κ1) is 15.1. The minimum atomic E-state index is -1.13. The van der Waals surface area contributed by atoms with Gasteiger partial charge in [0.1, 0.15) is 11.3 Å². The number of ether oxygens (including phenoxy) is 1. The number of nitrogens with two attached hydrogens (primary N) is 1. The van der Waals surface area contributed by atoms with Gasteiger partial charge in [-0.15, -0.1) is 0 Å². The molecule has 0 spiro atoms. The molecule has 0 radical (unpaired) electrons. The van der Waals surface area contributed by atoms with Crippen molar-refractivity contribution in [2.24, 2.45) is 5.73 Å². The van der Waals surface area contributed by atoms with Gasteiger partial charge in [0.05, 0.1) is 11.6 Å². The third-order valence-electron chi connectivity index (χ3n) is 3.51. The highest BCUT2D eigenvalue weighted by molar-refractivity contribution is 6.32. The van der Waals surface area contributed by atoms with E-state index in [1.807, 2.05) is 30.0 Å². The lowest BCUT2D eigenvalue weighted by molar-refractivity contribution is -0.142. The van der Waals surface area contributed by atoms with Crippen molar-refractivity contribution in [3.05, 3.63) is 28.8 Å². The number of nitrogens with zero attached hydrogens (tertiary/aromatic N) is 1. The van der Waals surface area contributed by atoms with Crippen LogP contribution < -0.4 is 10.5 Å². The maximum absolute atomic E-state index is 11.1. The lowest BCUT2D eigenvalue weighted by atomic mass is 10.0. The molecule has 1 atom stereocenters. The topological polar surface area (TPSA) is 75.8 Å². The SMILES string of the molecule is CCOc1ccc(CN2CC[C@@](N)(C(=O)O)C2)cc1Cl. The van der Waals surface area contributed by atoms with Gasteiger partial charge in [-0.25, -0.2) is 0 Å². The molecule has 1 saturated heterocycles. The van der Waals surface area contributed by atoms with Crippen LogP contribution in [-0.2, 0) is 11.3 Å². The van der Waals surface area contributed by atoms with E-state index in [0.717, 1.165) is 5.56 Å². The maximum atomic E-state index is 11.1. The van der Waals surface area contributed by atoms with Gasteiger partial charge in [-0.2, -0.15) is 0 Å². The number of hydrogen-bond donors (Lipinski definition) is 2. The molecule has 0 saturated carbocycles. The molecule has 0 bridgehead atoms. The molecule has 6 heteroatoms. The lowest BCUT2D eigenvalue weighted by Gasteiger charge is -2.20. The average molecular weight is 299 g/mol. The van der Waals surface area contributed by atoms with Crippen LogP contribution in [0.3, 0.4) is 0 Å². The number of carbonyl (C=O) groups is 1. The standard InChI is InChI=1S/C14H19ClN2O3/c1-2-20-12-4-3-10(7-11(12)15)8-17-6-5-14(16,9-17)13(18)19/h3-4,7H,2,5-6,8-9,16H2,1H3,(H,18,19)/t14-/m0/s1. The summed E-state index contributed by atoms with van der Waals surface area (Å²) in [5.74, 6) is -0.275. The number of carboxylic acid groups (broad SMARTS) is 1. The molecule has 0 aliphatic carbocycles. The molecule has 110 valence electrons. The van der Waals surface area contributed by atoms with Crippen LogP contribution in [0.5, 0.6) is 5.75 Å². The molecule has 0 amide bonds. The highest BCUT2D eigenvalue weighted by atomic mass is 35.5. The Bertz CT molecular complexity index is 509. The van der Waals surface area contributed by atoms with Gasteiger partial charge in [0, 0.05) is 19.6 Å². The third-order valence-corrected chi connectivity index (χ3v) is 3.80. The van der Waals surface area contributed by atoms with E-state index in [4.69, 9.17) is 27.2 Å². The Morgan fingerprint density at radius 1 is 1.60 bits per heavy atom. The van der Waals surface area contributed by atoms with Crippen molar-refractivity contribution in [3.8, 4) is 5.75 Å². The number of rotatable bonds is 5. The van der Waals surface area contributed by atoms with E-state index in [1.165, 1.54) is 0 Å². The van der Waals surface area contributed by atoms with Gasteiger partial charge < -0.3 is 15.6 Å². The quantitative estimate of drug-likeness (QED) is 0.866. The van der Waals surface area contributed by atoms with Crippen molar-refractivity contribution in [1.82, 2.24) is 4.90 Å². The second-order valence-electron chi connectivity index (χ2n) is 5.12. The van der Waals surface area contributed by atoms with E-state index in [-0.39, 0.29) is 0 Å². The van der Waals surface area contributed by atoms with E-state index < -0.39 is 11.5 Å². The third kappa shape index (κ3) is 3.23. The van der Waals surface area contributed by atoms with Gasteiger partial charge in [0.2, 0.25) is 0 Å². The summed E-state index contributed by atoms with van der Waals surface area (Å²) in [5.41, 5.74) is 5.74. The van der Waals surface area contributed by atoms with E-state index in [0.29, 0.717) is 43.4 Å². The Morgan fingerprint density at radius 2 is 2.35 bits per heavy atom. The van der Waals surface area contributed by atoms with Crippen LogP contribution in [0, 0.1) is 0 Å². The number of aliphatic carboxylic acids is 1. The van der Waals surface area contributed by atoms with Gasteiger partial charge in [0.25, 0.3) is 0 Å². The van der Waals surface area contributed by atoms with Crippen molar-refractivity contribution in [2.45, 2.75) is 25.4 Å². The molecule has 1 heterocycles. The van der Waals surface area contributed by atoms with Crippen molar-refractivity contribution in [3.63, 3.8) is 0 Å². The number of carboxylic acids is 1. The zero-order chi connectivity index (χ0) is 14.8. The van der Waals surface area contributed by atoms with Gasteiger partial charge >= 0.3 is 5.97 Å². The fourth-order valence-corrected chi connectivity index (χ4v) is 2.66. The van der Waals surface area contributed by atoms with E-state index in [9.17, 15) is 4.79 Å². The molecule has 0 unspecified atom stereocenters. The first-order valence-corrected chi connectivity index (χ1v) is 6.98. The summed E-state index contributed by atoms with van der Waals surface area (Å²) < 4.78 is 5.38. The number of likely N-dealkylation sites (tertiary alicyclic amines) is 1. The molecule has 20 heavy (non-hydrogen) atoms. The summed E-state index contributed by atoms with van der Waals surface area (Å²) in [7, 11) is 0. The Hall–Kier alpha value is -1.30. The largest absolute Gasteiger partial charge is 0.492 e. The molecule has 3 N–H and O–H groups in total. The van der Waals surface area contributed by atoms with E-state index in [1.54, 1.807) is 0 Å². The highest BCUT2D eigenvalue weighted by Gasteiger charge is 2.41. The van der Waals surface area contributed by atoms with Crippen molar-refractivity contribution >= 4 is 17.6 Å². The summed E-state index contributed by atoms with van der Waals surface area (Å²) in [4.78, 5) is 13.1. The molecule has 1 aromatic carbocycles. The molecule has 1 aromatic rings. The first-order valence-electron chi connectivity index (χ1n) is 6.60. The Kier molecular flexibility index (Phi) is 4.52. The van der Waals surface area contributed by atoms with Gasteiger partial charge in [-0.3, -0.25) is 9.69 Å².